The summed E-state index contributed by atoms with van der Waals surface area (Å²) in [6.45, 7) is 2.08. The molecule has 0 fully saturated rings. The molecule has 3 rings (SSSR count). The predicted molar refractivity (Wildman–Crippen MR) is 117 cm³/mol. The van der Waals surface area contributed by atoms with E-state index in [1.54, 1.807) is 0 Å². The maximum atomic E-state index is 3.22. The van der Waals surface area contributed by atoms with Gasteiger partial charge in [0.25, 0.3) is 0 Å². The Labute approximate surface area is 175 Å². The van der Waals surface area contributed by atoms with Crippen LogP contribution < -0.4 is 0 Å². The zero-order chi connectivity index (χ0) is 13.2. The summed E-state index contributed by atoms with van der Waals surface area (Å²) in [5.74, 6) is 0. The minimum Gasteiger partial charge on any atom is -0.168 e. The van der Waals surface area contributed by atoms with Gasteiger partial charge in [-0.3, -0.25) is 6.08 Å². The largest absolute Gasteiger partial charge is 0.168 e. The molecule has 24 heavy (non-hydrogen) atoms. The second-order valence-corrected chi connectivity index (χ2v) is 8.29. The Morgan fingerprint density at radius 2 is 1.54 bits per heavy atom. The van der Waals surface area contributed by atoms with Crippen molar-refractivity contribution in [3.05, 3.63) is 96.0 Å². The Kier molecular flexibility index (Phi) is 41.3. The molecule has 4 radical (unpaired) electrons. The molecule has 0 N–H and O–H groups in total. The molecular formula is C19H28Cl2Si2Ti-6. The molecule has 1 aliphatic rings. The number of benzene rings is 1. The van der Waals surface area contributed by atoms with Gasteiger partial charge in [-0.1, -0.05) is 6.07 Å². The van der Waals surface area contributed by atoms with Crippen LogP contribution in [0.2, 0.25) is 0 Å². The Morgan fingerprint density at radius 3 is 1.92 bits per heavy atom. The van der Waals surface area contributed by atoms with E-state index in [0.29, 0.717) is 0 Å². The van der Waals surface area contributed by atoms with Crippen LogP contribution in [-0.4, -0.2) is 15.3 Å². The van der Waals surface area contributed by atoms with Crippen molar-refractivity contribution in [1.82, 2.24) is 0 Å². The van der Waals surface area contributed by atoms with E-state index >= 15 is 0 Å². The van der Waals surface area contributed by atoms with Gasteiger partial charge in [-0.2, -0.15) is 23.6 Å². The molecule has 0 unspecified atom stereocenters. The first-order valence-electron chi connectivity index (χ1n) is 5.70. The Balaban J connectivity index is -0.0000000493. The van der Waals surface area contributed by atoms with Gasteiger partial charge in [-0.05, 0) is 0 Å². The molecule has 1 aliphatic carbocycles. The van der Waals surface area contributed by atoms with Crippen molar-refractivity contribution in [1.29, 1.82) is 0 Å². The quantitative estimate of drug-likeness (QED) is 0.348. The molecule has 0 spiro atoms. The van der Waals surface area contributed by atoms with Gasteiger partial charge in [0.2, 0.25) is 0 Å². The zero-order valence-electron chi connectivity index (χ0n) is 15.2. The Bertz CT molecular complexity index is 551. The number of halogens is 2. The van der Waals surface area contributed by atoms with Gasteiger partial charge in [0.1, 0.15) is 0 Å². The summed E-state index contributed by atoms with van der Waals surface area (Å²) >= 11 is 0.111. The number of hydrogen-bond donors (Lipinski definition) is 0. The summed E-state index contributed by atoms with van der Waals surface area (Å²) in [7, 11) is 6.44. The van der Waals surface area contributed by atoms with Gasteiger partial charge < -0.3 is 29.7 Å². The standard InChI is InChI=1S/C9H7.C6H7.4CH3.2ClH.2Si.Ti/c1-2-5-9-7-3-6-8(9)4-1;1-6-4-2-3-5-6;;;;;;;;;/h1-7H;4-5H,2H2,1H3;4*1H3;2*1H;;;/q6*-1;;;;;. The maximum absolute atomic E-state index is 3.22. The molecule has 136 valence electrons. The molecule has 2 aromatic rings. The van der Waals surface area contributed by atoms with Crippen molar-refractivity contribution in [3.8, 4) is 0 Å². The number of fused-ring (bicyclic) bond motifs is 1. The SMILES string of the molecule is CC1=CC[C-]=C1.Cl.Cl.[CH3-].[CH3-].[CH3-].[CH3-].[Si]=[Ti]=[Si].c1ccc2[cH-]ccc2c1. The third-order valence-electron chi connectivity index (χ3n) is 2.42. The average Bonchev–Trinajstić information content (AvgIpc) is 3.01. The van der Waals surface area contributed by atoms with Crippen molar-refractivity contribution >= 4 is 50.8 Å². The minimum atomic E-state index is 0. The minimum absolute atomic E-state index is 0. The van der Waals surface area contributed by atoms with Gasteiger partial charge >= 0.3 is 31.9 Å². The average molecular weight is 431 g/mol. The summed E-state index contributed by atoms with van der Waals surface area (Å²) < 4.78 is 0. The van der Waals surface area contributed by atoms with Gasteiger partial charge in [-0.15, -0.1) is 67.8 Å². The predicted octanol–water partition coefficient (Wildman–Crippen LogP) is 6.14. The van der Waals surface area contributed by atoms with E-state index in [9.17, 15) is 0 Å². The van der Waals surface area contributed by atoms with Crippen LogP contribution in [-0.2, 0) is 16.6 Å². The van der Waals surface area contributed by atoms with Crippen molar-refractivity contribution in [2.45, 2.75) is 13.3 Å². The van der Waals surface area contributed by atoms with Crippen LogP contribution in [0.3, 0.4) is 0 Å². The van der Waals surface area contributed by atoms with E-state index in [1.807, 2.05) is 6.08 Å². The normalized spacial score (nSPS) is 8.79. The number of allylic oxidation sites excluding steroid dienone is 4. The molecular weight excluding hydrogens is 403 g/mol. The Morgan fingerprint density at radius 1 is 1.00 bits per heavy atom. The molecule has 0 atom stereocenters. The third-order valence-corrected chi connectivity index (χ3v) is 2.42. The fraction of sp³-hybridized carbons (Fsp3) is 0.105. The summed E-state index contributed by atoms with van der Waals surface area (Å²) in [4.78, 5) is 0. The van der Waals surface area contributed by atoms with Crippen LogP contribution in [0.4, 0.5) is 0 Å². The fourth-order valence-corrected chi connectivity index (χ4v) is 1.57. The molecule has 0 saturated heterocycles. The van der Waals surface area contributed by atoms with Crippen LogP contribution in [0.5, 0.6) is 0 Å². The molecule has 5 heteroatoms. The molecule has 0 amide bonds. The molecule has 0 aromatic heterocycles. The van der Waals surface area contributed by atoms with Crippen molar-refractivity contribution < 1.29 is 16.6 Å². The molecule has 0 saturated carbocycles. The zero-order valence-corrected chi connectivity index (χ0v) is 20.4. The van der Waals surface area contributed by atoms with Crippen LogP contribution >= 0.6 is 24.8 Å². The van der Waals surface area contributed by atoms with E-state index in [1.165, 1.54) is 16.3 Å². The number of hydrogen-bond acceptors (Lipinski definition) is 0. The fourth-order valence-electron chi connectivity index (χ4n) is 1.57. The second kappa shape index (κ2) is 25.3. The van der Waals surface area contributed by atoms with Crippen molar-refractivity contribution in [2.24, 2.45) is 0 Å². The summed E-state index contributed by atoms with van der Waals surface area (Å²) in [6.07, 6.45) is 8.24. The van der Waals surface area contributed by atoms with Gasteiger partial charge in [-0.25, -0.2) is 11.6 Å². The van der Waals surface area contributed by atoms with E-state index in [-0.39, 0.29) is 71.1 Å². The van der Waals surface area contributed by atoms with E-state index in [0.717, 1.165) is 6.42 Å². The van der Waals surface area contributed by atoms with E-state index in [2.05, 4.69) is 76.8 Å². The monoisotopic (exact) mass is 430 g/mol. The first-order valence-corrected chi connectivity index (χ1v) is 11.4. The molecule has 2 aromatic carbocycles. The summed E-state index contributed by atoms with van der Waals surface area (Å²) in [5.41, 5.74) is 1.34. The van der Waals surface area contributed by atoms with Gasteiger partial charge in [0.05, 0.1) is 0 Å². The molecule has 0 nitrogen and oxygen atoms in total. The maximum Gasteiger partial charge on any atom is -0.0809 e. The van der Waals surface area contributed by atoms with E-state index < -0.39 is 0 Å². The van der Waals surface area contributed by atoms with Crippen LogP contribution in [0.1, 0.15) is 13.3 Å². The van der Waals surface area contributed by atoms with Gasteiger partial charge in [0.15, 0.2) is 0 Å². The van der Waals surface area contributed by atoms with Crippen molar-refractivity contribution in [2.75, 3.05) is 0 Å². The van der Waals surface area contributed by atoms with E-state index in [4.69, 9.17) is 0 Å². The smallest absolute Gasteiger partial charge is 0.0809 e. The van der Waals surface area contributed by atoms with Crippen LogP contribution in [0, 0.1) is 35.8 Å². The molecule has 0 bridgehead atoms. The summed E-state index contributed by atoms with van der Waals surface area (Å²) in [6, 6.07) is 14.7. The summed E-state index contributed by atoms with van der Waals surface area (Å²) in [5, 5.41) is 2.66. The van der Waals surface area contributed by atoms with Crippen molar-refractivity contribution in [3.63, 3.8) is 0 Å². The first kappa shape index (κ1) is 39.2. The van der Waals surface area contributed by atoms with Crippen LogP contribution in [0.25, 0.3) is 10.8 Å². The Hall–Kier alpha value is 0.0381. The first-order chi connectivity index (χ1) is 8.77. The van der Waals surface area contributed by atoms with Gasteiger partial charge in [0, 0.05) is 0 Å². The van der Waals surface area contributed by atoms with Crippen LogP contribution in [0.15, 0.2) is 60.2 Å². The molecule has 0 heterocycles. The topological polar surface area (TPSA) is 0 Å². The number of rotatable bonds is 0. The molecule has 0 aliphatic heterocycles. The second-order valence-electron chi connectivity index (χ2n) is 3.78. The third kappa shape index (κ3) is 16.9.